The highest BCUT2D eigenvalue weighted by Crippen LogP contribution is 2.21. The van der Waals surface area contributed by atoms with E-state index in [1.807, 2.05) is 25.9 Å². The third-order valence-electron chi connectivity index (χ3n) is 3.05. The van der Waals surface area contributed by atoms with E-state index in [1.54, 1.807) is 0 Å². The van der Waals surface area contributed by atoms with Crippen LogP contribution in [0.15, 0.2) is 18.2 Å². The summed E-state index contributed by atoms with van der Waals surface area (Å²) in [5, 5.41) is 13.5. The lowest BCUT2D eigenvalue weighted by Gasteiger charge is -2.20. The lowest BCUT2D eigenvalue weighted by molar-refractivity contribution is -0.384. The summed E-state index contributed by atoms with van der Waals surface area (Å²) in [5.74, 6) is 4.90. The Bertz CT molecular complexity index is 504. The first-order valence-corrected chi connectivity index (χ1v) is 6.06. The number of hydrazine groups is 1. The summed E-state index contributed by atoms with van der Waals surface area (Å²) in [4.78, 5) is 24.2. The van der Waals surface area contributed by atoms with E-state index in [0.29, 0.717) is 12.2 Å². The van der Waals surface area contributed by atoms with Crippen molar-refractivity contribution in [2.45, 2.75) is 13.0 Å². The molecule has 110 valence electrons. The van der Waals surface area contributed by atoms with Crippen LogP contribution < -0.4 is 16.6 Å². The smallest absolute Gasteiger partial charge is 0.270 e. The molecule has 0 fully saturated rings. The van der Waals surface area contributed by atoms with Crippen LogP contribution in [0.2, 0.25) is 0 Å². The number of anilines is 1. The lowest BCUT2D eigenvalue weighted by Crippen LogP contribution is -2.38. The summed E-state index contributed by atoms with van der Waals surface area (Å²) >= 11 is 0. The maximum absolute atomic E-state index is 12.1. The Morgan fingerprint density at radius 3 is 2.65 bits per heavy atom. The molecular weight excluding hydrogens is 262 g/mol. The summed E-state index contributed by atoms with van der Waals surface area (Å²) in [6, 6.07) is 4.04. The summed E-state index contributed by atoms with van der Waals surface area (Å²) in [7, 11) is 3.80. The molecule has 1 unspecified atom stereocenters. The first-order chi connectivity index (χ1) is 9.36. The summed E-state index contributed by atoms with van der Waals surface area (Å²) in [6.07, 6.45) is 0. The molecule has 0 saturated heterocycles. The van der Waals surface area contributed by atoms with Crippen molar-refractivity contribution in [3.8, 4) is 0 Å². The van der Waals surface area contributed by atoms with Gasteiger partial charge in [-0.3, -0.25) is 20.8 Å². The Balaban J connectivity index is 2.90. The van der Waals surface area contributed by atoms with Gasteiger partial charge in [0, 0.05) is 24.7 Å². The molecule has 0 radical (unpaired) electrons. The Morgan fingerprint density at radius 1 is 1.50 bits per heavy atom. The number of nitrogens with two attached hydrogens (primary N) is 1. The number of nitrogens with zero attached hydrogens (tertiary/aromatic N) is 2. The van der Waals surface area contributed by atoms with Crippen molar-refractivity contribution in [3.05, 3.63) is 33.9 Å². The molecule has 0 aliphatic rings. The van der Waals surface area contributed by atoms with Gasteiger partial charge in [0.1, 0.15) is 0 Å². The van der Waals surface area contributed by atoms with E-state index in [0.717, 1.165) is 0 Å². The fourth-order valence-corrected chi connectivity index (χ4v) is 1.48. The predicted molar refractivity (Wildman–Crippen MR) is 76.4 cm³/mol. The monoisotopic (exact) mass is 281 g/mol. The van der Waals surface area contributed by atoms with Crippen LogP contribution in [0.4, 0.5) is 11.4 Å². The normalized spacial score (nSPS) is 12.1. The molecule has 8 heteroatoms. The molecule has 0 spiro atoms. The number of nitro groups is 1. The number of carbonyl (C=O) groups is 1. The molecule has 0 saturated carbocycles. The van der Waals surface area contributed by atoms with Gasteiger partial charge < -0.3 is 15.6 Å². The van der Waals surface area contributed by atoms with Crippen molar-refractivity contribution in [2.75, 3.05) is 26.1 Å². The molecule has 8 nitrogen and oxygen atoms in total. The van der Waals surface area contributed by atoms with Gasteiger partial charge in [-0.1, -0.05) is 0 Å². The summed E-state index contributed by atoms with van der Waals surface area (Å²) < 4.78 is 0. The number of likely N-dealkylation sites (N-methyl/N-ethyl adjacent to an activating group) is 1. The Kier molecular flexibility index (Phi) is 5.42. The number of nitro benzene ring substituents is 1. The number of benzene rings is 1. The second kappa shape index (κ2) is 6.83. The van der Waals surface area contributed by atoms with E-state index in [1.165, 1.54) is 18.2 Å². The van der Waals surface area contributed by atoms with Gasteiger partial charge in [-0.05, 0) is 27.1 Å². The second-order valence-corrected chi connectivity index (χ2v) is 4.65. The number of hydrogen-bond acceptors (Lipinski definition) is 6. The van der Waals surface area contributed by atoms with Gasteiger partial charge >= 0.3 is 0 Å². The molecule has 1 amide bonds. The molecule has 0 aliphatic carbocycles. The predicted octanol–water partition coefficient (Wildman–Crippen LogP) is 0.560. The van der Waals surface area contributed by atoms with E-state index in [4.69, 9.17) is 5.84 Å². The summed E-state index contributed by atoms with van der Waals surface area (Å²) in [5.41, 5.74) is 2.69. The van der Waals surface area contributed by atoms with Gasteiger partial charge in [0.25, 0.3) is 11.6 Å². The van der Waals surface area contributed by atoms with E-state index < -0.39 is 10.8 Å². The van der Waals surface area contributed by atoms with Crippen LogP contribution in [0.5, 0.6) is 0 Å². The van der Waals surface area contributed by atoms with E-state index in [-0.39, 0.29) is 17.3 Å². The average Bonchev–Trinajstić information content (AvgIpc) is 2.43. The SMILES string of the molecule is CC(CNC(=O)c1cc([N+](=O)[O-])ccc1NN)N(C)C. The average molecular weight is 281 g/mol. The fraction of sp³-hybridized carbons (Fsp3) is 0.417. The Hall–Kier alpha value is -2.19. The maximum atomic E-state index is 12.1. The van der Waals surface area contributed by atoms with Crippen LogP contribution in [-0.2, 0) is 0 Å². The Labute approximate surface area is 117 Å². The molecule has 1 aromatic rings. The number of carbonyl (C=O) groups excluding carboxylic acids is 1. The highest BCUT2D eigenvalue weighted by molar-refractivity contribution is 6.00. The minimum absolute atomic E-state index is 0.145. The van der Waals surface area contributed by atoms with Crippen LogP contribution in [0.1, 0.15) is 17.3 Å². The van der Waals surface area contributed by atoms with Gasteiger partial charge in [0.2, 0.25) is 0 Å². The van der Waals surface area contributed by atoms with E-state index >= 15 is 0 Å². The van der Waals surface area contributed by atoms with Crippen molar-refractivity contribution in [1.29, 1.82) is 0 Å². The molecular formula is C12H19N5O3. The first-order valence-electron chi connectivity index (χ1n) is 6.06. The van der Waals surface area contributed by atoms with E-state index in [9.17, 15) is 14.9 Å². The zero-order valence-electron chi connectivity index (χ0n) is 11.7. The van der Waals surface area contributed by atoms with Crippen LogP contribution in [0.3, 0.4) is 0 Å². The molecule has 0 heterocycles. The third-order valence-corrected chi connectivity index (χ3v) is 3.05. The number of nitrogen functional groups attached to an aromatic ring is 1. The van der Waals surface area contributed by atoms with Crippen molar-refractivity contribution < 1.29 is 9.72 Å². The third kappa shape index (κ3) is 3.90. The van der Waals surface area contributed by atoms with Gasteiger partial charge in [-0.2, -0.15) is 0 Å². The topological polar surface area (TPSA) is 114 Å². The van der Waals surface area contributed by atoms with Crippen LogP contribution in [0, 0.1) is 10.1 Å². The zero-order valence-corrected chi connectivity index (χ0v) is 11.7. The quantitative estimate of drug-likeness (QED) is 0.399. The van der Waals surface area contributed by atoms with Gasteiger partial charge in [-0.15, -0.1) is 0 Å². The molecule has 1 aromatic carbocycles. The lowest BCUT2D eigenvalue weighted by atomic mass is 10.1. The molecule has 0 bridgehead atoms. The van der Waals surface area contributed by atoms with Crippen LogP contribution in [0.25, 0.3) is 0 Å². The number of nitrogens with one attached hydrogen (secondary N) is 2. The first kappa shape index (κ1) is 15.9. The summed E-state index contributed by atoms with van der Waals surface area (Å²) in [6.45, 7) is 2.38. The number of hydrogen-bond donors (Lipinski definition) is 3. The highest BCUT2D eigenvalue weighted by Gasteiger charge is 2.17. The number of rotatable bonds is 6. The molecule has 1 rings (SSSR count). The van der Waals surface area contributed by atoms with Crippen LogP contribution in [-0.4, -0.2) is 42.4 Å². The van der Waals surface area contributed by atoms with Crippen molar-refractivity contribution in [2.24, 2.45) is 5.84 Å². The number of amides is 1. The fourth-order valence-electron chi connectivity index (χ4n) is 1.48. The standard InChI is InChI=1S/C12H19N5O3/c1-8(16(2)3)7-14-12(18)10-6-9(17(19)20)4-5-11(10)15-13/h4-6,8,15H,7,13H2,1-3H3,(H,14,18). The minimum atomic E-state index is -0.556. The van der Waals surface area contributed by atoms with Gasteiger partial charge in [0.15, 0.2) is 0 Å². The van der Waals surface area contributed by atoms with Crippen molar-refractivity contribution in [1.82, 2.24) is 10.2 Å². The Morgan fingerprint density at radius 2 is 2.15 bits per heavy atom. The van der Waals surface area contributed by atoms with Crippen molar-refractivity contribution >= 4 is 17.3 Å². The molecule has 1 atom stereocenters. The second-order valence-electron chi connectivity index (χ2n) is 4.65. The minimum Gasteiger partial charge on any atom is -0.350 e. The van der Waals surface area contributed by atoms with Crippen LogP contribution >= 0.6 is 0 Å². The van der Waals surface area contributed by atoms with Gasteiger partial charge in [-0.25, -0.2) is 0 Å². The molecule has 0 aromatic heterocycles. The molecule has 0 aliphatic heterocycles. The largest absolute Gasteiger partial charge is 0.350 e. The molecule has 4 N–H and O–H groups in total. The highest BCUT2D eigenvalue weighted by atomic mass is 16.6. The molecule has 20 heavy (non-hydrogen) atoms. The maximum Gasteiger partial charge on any atom is 0.270 e. The zero-order chi connectivity index (χ0) is 15.3. The van der Waals surface area contributed by atoms with Crippen molar-refractivity contribution in [3.63, 3.8) is 0 Å². The van der Waals surface area contributed by atoms with Gasteiger partial charge in [0.05, 0.1) is 16.2 Å². The number of non-ortho nitro benzene ring substituents is 1. The van der Waals surface area contributed by atoms with E-state index in [2.05, 4.69) is 10.7 Å².